The lowest BCUT2D eigenvalue weighted by atomic mass is 10.0. The Morgan fingerprint density at radius 2 is 1.56 bits per heavy atom. The summed E-state index contributed by atoms with van der Waals surface area (Å²) in [4.78, 5) is 52.8. The molecule has 0 radical (unpaired) electrons. The number of phenols is 1. The van der Waals surface area contributed by atoms with E-state index in [2.05, 4.69) is 21.3 Å². The van der Waals surface area contributed by atoms with E-state index < -0.39 is 47.0 Å². The van der Waals surface area contributed by atoms with E-state index in [1.165, 1.54) is 31.0 Å². The quantitative estimate of drug-likeness (QED) is 0.137. The maximum atomic E-state index is 13.0. The van der Waals surface area contributed by atoms with E-state index in [0.29, 0.717) is 25.1 Å². The van der Waals surface area contributed by atoms with Crippen LogP contribution in [-0.4, -0.2) is 95.5 Å². The zero-order chi connectivity index (χ0) is 30.4. The van der Waals surface area contributed by atoms with Gasteiger partial charge in [0, 0.05) is 26.4 Å². The fraction of sp³-hybridized carbons (Fsp3) is 0.448. The zero-order valence-corrected chi connectivity index (χ0v) is 24.8. The van der Waals surface area contributed by atoms with Crippen molar-refractivity contribution in [2.45, 2.75) is 44.3 Å². The van der Waals surface area contributed by atoms with Gasteiger partial charge in [-0.15, -0.1) is 0 Å². The van der Waals surface area contributed by atoms with Gasteiger partial charge in [0.05, 0.1) is 18.8 Å². The third-order valence-corrected chi connectivity index (χ3v) is 7.41. The lowest BCUT2D eigenvalue weighted by Crippen LogP contribution is -2.54. The van der Waals surface area contributed by atoms with Crippen LogP contribution in [0, 0.1) is 0 Å². The van der Waals surface area contributed by atoms with Crippen LogP contribution in [0.1, 0.15) is 24.5 Å². The van der Waals surface area contributed by atoms with Crippen LogP contribution in [0.3, 0.4) is 0 Å². The molecule has 2 rings (SSSR count). The van der Waals surface area contributed by atoms with Gasteiger partial charge in [-0.25, -0.2) is 0 Å². The van der Waals surface area contributed by atoms with Crippen molar-refractivity contribution in [2.75, 3.05) is 39.2 Å². The van der Waals surface area contributed by atoms with E-state index in [9.17, 15) is 28.8 Å². The Labute approximate surface area is 244 Å². The monoisotopic (exact) mass is 587 g/mol. The molecule has 0 spiro atoms. The molecule has 0 aliphatic carbocycles. The van der Waals surface area contributed by atoms with Crippen molar-refractivity contribution in [1.29, 1.82) is 0 Å². The summed E-state index contributed by atoms with van der Waals surface area (Å²) in [6.07, 6.45) is 2.78. The number of rotatable bonds is 16. The van der Waals surface area contributed by atoms with Crippen LogP contribution in [0.4, 0.5) is 0 Å². The van der Waals surface area contributed by atoms with E-state index in [1.807, 2.05) is 30.3 Å². The lowest BCUT2D eigenvalue weighted by Gasteiger charge is -2.28. The van der Waals surface area contributed by atoms with Crippen LogP contribution in [0.5, 0.6) is 5.75 Å². The molecule has 4 atom stereocenters. The molecule has 12 heteroatoms. The molecule has 0 aliphatic rings. The van der Waals surface area contributed by atoms with Crippen molar-refractivity contribution in [1.82, 2.24) is 26.2 Å². The Bertz CT molecular complexity index is 1130. The van der Waals surface area contributed by atoms with Crippen molar-refractivity contribution in [3.8, 4) is 5.75 Å². The second-order valence-corrected chi connectivity index (χ2v) is 11.3. The first-order valence-electron chi connectivity index (χ1n) is 13.4. The van der Waals surface area contributed by atoms with Crippen molar-refractivity contribution < 1.29 is 28.8 Å². The fourth-order valence-corrected chi connectivity index (χ4v) is 4.59. The van der Waals surface area contributed by atoms with E-state index in [0.717, 1.165) is 11.1 Å². The molecule has 224 valence electrons. The third kappa shape index (κ3) is 11.8. The molecule has 11 nitrogen and oxygen atoms in total. The zero-order valence-electron chi connectivity index (χ0n) is 24.0. The summed E-state index contributed by atoms with van der Waals surface area (Å²) in [6, 6.07) is 13.4. The second-order valence-electron chi connectivity index (χ2n) is 9.79. The Hall–Kier alpha value is -3.61. The smallest absolute Gasteiger partial charge is 0.243 e. The maximum absolute atomic E-state index is 13.0. The van der Waals surface area contributed by atoms with Gasteiger partial charge in [-0.3, -0.25) is 19.2 Å². The van der Waals surface area contributed by atoms with Gasteiger partial charge < -0.3 is 35.8 Å². The minimum Gasteiger partial charge on any atom is -0.617 e. The van der Waals surface area contributed by atoms with Gasteiger partial charge in [0.25, 0.3) is 0 Å². The molecule has 0 heterocycles. The van der Waals surface area contributed by atoms with Gasteiger partial charge in [0.2, 0.25) is 23.6 Å². The van der Waals surface area contributed by atoms with E-state index in [1.54, 1.807) is 25.4 Å². The molecule has 0 aromatic heterocycles. The second kappa shape index (κ2) is 17.3. The third-order valence-electron chi connectivity index (χ3n) is 6.55. The molecule has 5 N–H and O–H groups in total. The number of carbonyl (C=O) groups excluding carboxylic acids is 4. The minimum atomic E-state index is -0.962. The standard InChI is InChI=1S/C29H41N5O6S/c1-20(33-28(38)24(30-2)17-22-11-13-23(35)14-12-22)27(37)32-19-26(36)34(3)25(18-21-9-6-5-7-10-21)29(39)31-15-8-16-41(4)40/h5-7,9-14,20,24-25,30,35H,8,15-19H2,1-4H3,(H,31,39)(H,32,37)(H,33,38)/t20-,24+,25+,41?/m1/s1. The van der Waals surface area contributed by atoms with Crippen molar-refractivity contribution >= 4 is 34.8 Å². The molecule has 0 aliphatic heterocycles. The molecule has 41 heavy (non-hydrogen) atoms. The molecule has 0 fully saturated rings. The molecule has 2 aromatic rings. The fourth-order valence-electron chi connectivity index (χ4n) is 4.04. The number of aromatic hydroxyl groups is 1. The predicted octanol–water partition coefficient (Wildman–Crippen LogP) is 0.0981. The number of phenolic OH excluding ortho intramolecular Hbond substituents is 1. The molecule has 1 unspecified atom stereocenters. The highest BCUT2D eigenvalue weighted by molar-refractivity contribution is 7.90. The average molecular weight is 588 g/mol. The highest BCUT2D eigenvalue weighted by Gasteiger charge is 2.28. The largest absolute Gasteiger partial charge is 0.617 e. The van der Waals surface area contributed by atoms with Crippen LogP contribution in [0.2, 0.25) is 0 Å². The van der Waals surface area contributed by atoms with Crippen molar-refractivity contribution in [2.24, 2.45) is 0 Å². The molecular weight excluding hydrogens is 546 g/mol. The van der Waals surface area contributed by atoms with E-state index in [-0.39, 0.29) is 24.6 Å². The number of benzene rings is 2. The van der Waals surface area contributed by atoms with Gasteiger partial charge in [-0.2, -0.15) is 0 Å². The first-order chi connectivity index (χ1) is 19.5. The molecule has 2 aromatic carbocycles. The van der Waals surface area contributed by atoms with Gasteiger partial charge in [-0.05, 0) is 43.7 Å². The average Bonchev–Trinajstić information content (AvgIpc) is 2.96. The number of nitrogens with zero attached hydrogens (tertiary/aromatic N) is 1. The molecule has 4 amide bonds. The normalized spacial score (nSPS) is 13.8. The summed E-state index contributed by atoms with van der Waals surface area (Å²) in [6.45, 7) is 1.50. The van der Waals surface area contributed by atoms with Gasteiger partial charge in [-0.1, -0.05) is 53.6 Å². The van der Waals surface area contributed by atoms with Crippen LogP contribution in [0.25, 0.3) is 0 Å². The molecule has 0 saturated heterocycles. The maximum Gasteiger partial charge on any atom is 0.243 e. The summed E-state index contributed by atoms with van der Waals surface area (Å²) in [7, 11) is 3.14. The van der Waals surface area contributed by atoms with Crippen LogP contribution in [0.15, 0.2) is 54.6 Å². The van der Waals surface area contributed by atoms with Crippen LogP contribution < -0.4 is 21.3 Å². The summed E-state index contributed by atoms with van der Waals surface area (Å²) in [5.74, 6) is -1.16. The van der Waals surface area contributed by atoms with Crippen LogP contribution in [-0.2, 0) is 43.2 Å². The highest BCUT2D eigenvalue weighted by atomic mass is 32.2. The summed E-state index contributed by atoms with van der Waals surface area (Å²) in [5, 5.41) is 20.4. The SMILES string of the molecule is CN[C@@H](Cc1ccc(O)cc1)C(=O)N[C@H](C)C(=O)NCC(=O)N(C)[C@@H](Cc1ccccc1)C(=O)NCCC[S+](C)[O-]. The number of nitrogens with one attached hydrogen (secondary N) is 4. The molecular formula is C29H41N5O6S. The minimum absolute atomic E-state index is 0.127. The van der Waals surface area contributed by atoms with Crippen LogP contribution >= 0.6 is 0 Å². The summed E-state index contributed by atoms with van der Waals surface area (Å²) >= 11 is -0.962. The lowest BCUT2D eigenvalue weighted by molar-refractivity contribution is -0.139. The Balaban J connectivity index is 1.93. The topological polar surface area (TPSA) is 163 Å². The number of likely N-dealkylation sites (N-methyl/N-ethyl adjacent to an activating group) is 2. The molecule has 0 bridgehead atoms. The van der Waals surface area contributed by atoms with Crippen molar-refractivity contribution in [3.63, 3.8) is 0 Å². The van der Waals surface area contributed by atoms with Gasteiger partial charge in [0.1, 0.15) is 23.6 Å². The number of hydrogen-bond donors (Lipinski definition) is 5. The first kappa shape index (κ1) is 33.6. The van der Waals surface area contributed by atoms with Gasteiger partial charge in [0.15, 0.2) is 0 Å². The number of amides is 4. The Kier molecular flexibility index (Phi) is 14.1. The summed E-state index contributed by atoms with van der Waals surface area (Å²) < 4.78 is 11.3. The highest BCUT2D eigenvalue weighted by Crippen LogP contribution is 2.12. The first-order valence-corrected chi connectivity index (χ1v) is 15.1. The van der Waals surface area contributed by atoms with E-state index in [4.69, 9.17) is 0 Å². The number of hydrogen-bond acceptors (Lipinski definition) is 7. The Morgan fingerprint density at radius 1 is 0.927 bits per heavy atom. The van der Waals surface area contributed by atoms with Gasteiger partial charge >= 0.3 is 0 Å². The molecule has 0 saturated carbocycles. The summed E-state index contributed by atoms with van der Waals surface area (Å²) in [5.41, 5.74) is 1.70. The number of carbonyl (C=O) groups is 4. The predicted molar refractivity (Wildman–Crippen MR) is 159 cm³/mol. The van der Waals surface area contributed by atoms with Crippen molar-refractivity contribution in [3.05, 3.63) is 65.7 Å². The Morgan fingerprint density at radius 3 is 2.17 bits per heavy atom. The van der Waals surface area contributed by atoms with E-state index >= 15 is 0 Å².